The lowest BCUT2D eigenvalue weighted by Crippen LogP contribution is -2.63. The molecule has 5 rings (SSSR count). The number of amides is 1. The second kappa shape index (κ2) is 8.55. The van der Waals surface area contributed by atoms with Crippen LogP contribution >= 0.6 is 0 Å². The van der Waals surface area contributed by atoms with Gasteiger partial charge in [0.15, 0.2) is 11.4 Å². The van der Waals surface area contributed by atoms with Gasteiger partial charge in [-0.25, -0.2) is 0 Å². The van der Waals surface area contributed by atoms with Gasteiger partial charge in [0, 0.05) is 18.3 Å². The number of rotatable bonds is 2. The Morgan fingerprint density at radius 2 is 1.69 bits per heavy atom. The maximum atomic E-state index is 13.8. The highest BCUT2D eigenvalue weighted by molar-refractivity contribution is 6.23. The minimum absolute atomic E-state index is 0.0768. The summed E-state index contributed by atoms with van der Waals surface area (Å²) in [6.45, 7) is 0. The quantitative estimate of drug-likeness (QED) is 0.313. The number of Topliss-reactive ketones (excluding diaryl/α,β-unsaturated/α-hetero) is 2. The molecule has 1 fully saturated rings. The smallest absolute Gasteiger partial charge is 0.416 e. The Balaban J connectivity index is 1.77. The molecule has 3 aliphatic carbocycles. The van der Waals surface area contributed by atoms with Crippen LogP contribution < -0.4 is 5.73 Å². The Morgan fingerprint density at radius 1 is 1.05 bits per heavy atom. The van der Waals surface area contributed by atoms with Crippen LogP contribution in [0.3, 0.4) is 0 Å². The number of benzene rings is 2. The topological polar surface area (TPSA) is 178 Å². The van der Waals surface area contributed by atoms with E-state index < -0.39 is 87.6 Å². The lowest BCUT2D eigenvalue weighted by molar-refractivity contribution is -0.157. The van der Waals surface area contributed by atoms with Gasteiger partial charge in [0.2, 0.25) is 5.78 Å². The van der Waals surface area contributed by atoms with Crippen molar-refractivity contribution in [3.63, 3.8) is 0 Å². The Bertz CT molecular complexity index is 1550. The van der Waals surface area contributed by atoms with Gasteiger partial charge < -0.3 is 31.3 Å². The first-order chi connectivity index (χ1) is 18.2. The number of halogens is 3. The normalized spacial score (nSPS) is 27.8. The van der Waals surface area contributed by atoms with Crippen molar-refractivity contribution in [3.8, 4) is 5.75 Å². The zero-order valence-electron chi connectivity index (χ0n) is 19.7. The lowest BCUT2D eigenvalue weighted by atomic mass is 9.56. The Morgan fingerprint density at radius 3 is 2.28 bits per heavy atom. The number of fused-ring (bicyclic) bond motifs is 3. The highest BCUT2D eigenvalue weighted by Crippen LogP contribution is 2.55. The van der Waals surface area contributed by atoms with Crippen LogP contribution in [0.1, 0.15) is 28.7 Å². The number of hydrogen-bond donors (Lipinski definition) is 6. The number of nitrogens with two attached hydrogens (primary N) is 1. The van der Waals surface area contributed by atoms with E-state index in [0.29, 0.717) is 0 Å². The first kappa shape index (κ1) is 26.2. The molecule has 9 nitrogen and oxygen atoms in total. The summed E-state index contributed by atoms with van der Waals surface area (Å²) in [7, 11) is 0. The fourth-order valence-corrected chi connectivity index (χ4v) is 5.64. The summed E-state index contributed by atoms with van der Waals surface area (Å²) in [5.41, 5.74) is -0.305. The van der Waals surface area contributed by atoms with E-state index in [-0.39, 0.29) is 22.3 Å². The minimum atomic E-state index is -4.60. The van der Waals surface area contributed by atoms with Gasteiger partial charge in [-0.2, -0.15) is 13.2 Å². The molecule has 3 aliphatic rings. The van der Waals surface area contributed by atoms with Crippen molar-refractivity contribution in [3.05, 3.63) is 81.6 Å². The van der Waals surface area contributed by atoms with E-state index in [9.17, 15) is 53.1 Å². The standard InChI is InChI=1S/C27H20F3NO8/c28-27(29,30)11-6-4-10(5-7-11)8-13-12-2-1-3-15(32)17(12)22(35)20-18(13)21(34)14-9-16(33)19(25(31)38)23(36)26(14,39)24(20)37/h1-8,14,18,21,32,34-36,39H,9H2,(H2,31,38)/b13-8+/t14-,18-,21-,26-/m1/s1. The predicted octanol–water partition coefficient (Wildman–Crippen LogP) is 2.41. The highest BCUT2D eigenvalue weighted by atomic mass is 19.4. The van der Waals surface area contributed by atoms with Crippen LogP contribution in [0.4, 0.5) is 13.2 Å². The molecule has 4 atom stereocenters. The van der Waals surface area contributed by atoms with E-state index >= 15 is 0 Å². The number of carbonyl (C=O) groups excluding carboxylic acids is 3. The number of alkyl halides is 3. The molecule has 2 aromatic carbocycles. The minimum Gasteiger partial charge on any atom is -0.508 e. The second-order valence-electron chi connectivity index (χ2n) is 9.57. The molecule has 0 saturated heterocycles. The largest absolute Gasteiger partial charge is 0.508 e. The lowest BCUT2D eigenvalue weighted by Gasteiger charge is -2.49. The van der Waals surface area contributed by atoms with Crippen molar-refractivity contribution in [1.29, 1.82) is 0 Å². The van der Waals surface area contributed by atoms with Gasteiger partial charge in [0.1, 0.15) is 22.8 Å². The summed E-state index contributed by atoms with van der Waals surface area (Å²) in [4.78, 5) is 38.2. The average molecular weight is 543 g/mol. The van der Waals surface area contributed by atoms with Crippen LogP contribution in [0, 0.1) is 11.8 Å². The number of aliphatic hydroxyl groups is 4. The van der Waals surface area contributed by atoms with Crippen LogP contribution in [0.25, 0.3) is 17.4 Å². The van der Waals surface area contributed by atoms with Crippen LogP contribution in [0.2, 0.25) is 0 Å². The van der Waals surface area contributed by atoms with E-state index in [1.807, 2.05) is 0 Å². The average Bonchev–Trinajstić information content (AvgIpc) is 2.85. The fourth-order valence-electron chi connectivity index (χ4n) is 5.64. The van der Waals surface area contributed by atoms with Crippen molar-refractivity contribution < 1.29 is 53.1 Å². The Labute approximate surface area is 217 Å². The molecule has 1 amide bonds. The second-order valence-corrected chi connectivity index (χ2v) is 9.57. The number of aromatic hydroxyl groups is 1. The molecule has 12 heteroatoms. The fraction of sp³-hybridized carbons (Fsp3) is 0.222. The summed E-state index contributed by atoms with van der Waals surface area (Å²) in [6.07, 6.45) is -5.86. The van der Waals surface area contributed by atoms with Gasteiger partial charge >= 0.3 is 6.18 Å². The number of aliphatic hydroxyl groups excluding tert-OH is 3. The summed E-state index contributed by atoms with van der Waals surface area (Å²) >= 11 is 0. The van der Waals surface area contributed by atoms with E-state index in [4.69, 9.17) is 5.73 Å². The van der Waals surface area contributed by atoms with Gasteiger partial charge in [-0.3, -0.25) is 14.4 Å². The van der Waals surface area contributed by atoms with Gasteiger partial charge in [-0.1, -0.05) is 30.3 Å². The highest BCUT2D eigenvalue weighted by Gasteiger charge is 2.64. The van der Waals surface area contributed by atoms with Gasteiger partial charge in [0.05, 0.1) is 22.8 Å². The van der Waals surface area contributed by atoms with Crippen LogP contribution in [0.15, 0.2) is 59.4 Å². The molecule has 39 heavy (non-hydrogen) atoms. The molecule has 1 saturated carbocycles. The predicted molar refractivity (Wildman–Crippen MR) is 128 cm³/mol. The molecular weight excluding hydrogens is 523 g/mol. The maximum Gasteiger partial charge on any atom is 0.416 e. The summed E-state index contributed by atoms with van der Waals surface area (Å²) in [5, 5.41) is 55.2. The molecule has 0 heterocycles. The zero-order valence-corrected chi connectivity index (χ0v) is 19.7. The molecule has 2 aromatic rings. The van der Waals surface area contributed by atoms with Crippen LogP contribution in [-0.4, -0.2) is 54.7 Å². The summed E-state index contributed by atoms with van der Waals surface area (Å²) in [6, 6.07) is 7.95. The molecule has 7 N–H and O–H groups in total. The summed E-state index contributed by atoms with van der Waals surface area (Å²) in [5.74, 6) is -9.62. The molecule has 0 aliphatic heterocycles. The van der Waals surface area contributed by atoms with Crippen molar-refractivity contribution in [2.24, 2.45) is 17.6 Å². The number of carbonyl (C=O) groups is 3. The van der Waals surface area contributed by atoms with Crippen molar-refractivity contribution in [1.82, 2.24) is 0 Å². The summed E-state index contributed by atoms with van der Waals surface area (Å²) < 4.78 is 39.2. The molecule has 0 spiro atoms. The first-order valence-corrected chi connectivity index (χ1v) is 11.6. The monoisotopic (exact) mass is 543 g/mol. The number of primary amides is 1. The van der Waals surface area contributed by atoms with Crippen molar-refractivity contribution >= 4 is 34.9 Å². The molecule has 202 valence electrons. The maximum absolute atomic E-state index is 13.8. The van der Waals surface area contributed by atoms with Crippen LogP contribution in [0.5, 0.6) is 5.75 Å². The van der Waals surface area contributed by atoms with E-state index in [0.717, 1.165) is 24.3 Å². The molecule has 0 unspecified atom stereocenters. The van der Waals surface area contributed by atoms with Gasteiger partial charge in [-0.05, 0) is 34.9 Å². The SMILES string of the molecule is NC(=O)C1=C(O)[C@@]2(O)C(=O)C3=C(O)c4c(O)cccc4/C(=C\c4ccc(C(F)(F)F)cc4)[C@H]3[C@H](O)[C@H]2CC1=O. The third-order valence-corrected chi connectivity index (χ3v) is 7.46. The van der Waals surface area contributed by atoms with Gasteiger partial charge in [-0.15, -0.1) is 0 Å². The van der Waals surface area contributed by atoms with Crippen molar-refractivity contribution in [2.45, 2.75) is 24.3 Å². The number of phenolic OH excluding ortho intramolecular Hbond substituents is 1. The molecular formula is C27H20F3NO8. The third-order valence-electron chi connectivity index (χ3n) is 7.46. The first-order valence-electron chi connectivity index (χ1n) is 11.6. The Hall–Kier alpha value is -4.42. The number of phenols is 1. The van der Waals surface area contributed by atoms with E-state index in [1.165, 1.54) is 24.3 Å². The van der Waals surface area contributed by atoms with E-state index in [2.05, 4.69) is 0 Å². The van der Waals surface area contributed by atoms with Crippen molar-refractivity contribution in [2.75, 3.05) is 0 Å². The molecule has 0 bridgehead atoms. The zero-order chi connectivity index (χ0) is 28.6. The number of hydrogen-bond acceptors (Lipinski definition) is 8. The third kappa shape index (κ3) is 3.67. The number of ketones is 2. The van der Waals surface area contributed by atoms with Gasteiger partial charge in [0.25, 0.3) is 5.91 Å². The molecule has 0 aromatic heterocycles. The van der Waals surface area contributed by atoms with E-state index in [1.54, 1.807) is 0 Å². The van der Waals surface area contributed by atoms with Crippen LogP contribution in [-0.2, 0) is 20.6 Å². The Kier molecular flexibility index (Phi) is 5.74. The molecule has 0 radical (unpaired) electrons.